The van der Waals surface area contributed by atoms with Crippen molar-refractivity contribution < 1.29 is 9.13 Å². The van der Waals surface area contributed by atoms with Gasteiger partial charge in [-0.3, -0.25) is 4.90 Å². The van der Waals surface area contributed by atoms with Crippen LogP contribution in [0.4, 0.5) is 10.2 Å². The molecule has 0 aromatic carbocycles. The molecule has 0 radical (unpaired) electrons. The van der Waals surface area contributed by atoms with Crippen LogP contribution >= 0.6 is 15.9 Å². The van der Waals surface area contributed by atoms with Gasteiger partial charge in [0.2, 0.25) is 5.88 Å². The average molecular weight is 393 g/mol. The molecular formula is C17H18BrFN4O. The number of hydrogen-bond acceptors (Lipinski definition) is 5. The SMILES string of the molecule is COc1ncc(CN2C3CC2CN(c2ccc(Br)cn2)C3)cc1F. The zero-order valence-electron chi connectivity index (χ0n) is 13.3. The summed E-state index contributed by atoms with van der Waals surface area (Å²) in [5.74, 6) is 0.668. The van der Waals surface area contributed by atoms with E-state index in [1.165, 1.54) is 19.6 Å². The van der Waals surface area contributed by atoms with Crippen LogP contribution in [-0.4, -0.2) is 47.2 Å². The second-order valence-electron chi connectivity index (χ2n) is 6.29. The largest absolute Gasteiger partial charge is 0.479 e. The molecule has 3 saturated heterocycles. The monoisotopic (exact) mass is 392 g/mol. The Labute approximate surface area is 148 Å². The van der Waals surface area contributed by atoms with Crippen LogP contribution in [0, 0.1) is 5.82 Å². The summed E-state index contributed by atoms with van der Waals surface area (Å²) in [4.78, 5) is 13.3. The molecule has 0 saturated carbocycles. The minimum atomic E-state index is -0.402. The molecule has 0 N–H and O–H groups in total. The van der Waals surface area contributed by atoms with E-state index in [9.17, 15) is 4.39 Å². The zero-order valence-corrected chi connectivity index (χ0v) is 14.9. The molecule has 24 heavy (non-hydrogen) atoms. The number of anilines is 1. The van der Waals surface area contributed by atoms with Crippen molar-refractivity contribution in [3.05, 3.63) is 46.4 Å². The van der Waals surface area contributed by atoms with Crippen molar-refractivity contribution in [2.45, 2.75) is 25.0 Å². The van der Waals surface area contributed by atoms with E-state index in [2.05, 4.69) is 35.7 Å². The highest BCUT2D eigenvalue weighted by Crippen LogP contribution is 2.35. The molecule has 5 rings (SSSR count). The summed E-state index contributed by atoms with van der Waals surface area (Å²) < 4.78 is 19.7. The maximum Gasteiger partial charge on any atom is 0.250 e. The highest BCUT2D eigenvalue weighted by molar-refractivity contribution is 9.10. The fourth-order valence-electron chi connectivity index (χ4n) is 3.60. The number of nitrogens with zero attached hydrogens (tertiary/aromatic N) is 4. The maximum absolute atomic E-state index is 13.8. The Morgan fingerprint density at radius 2 is 2.04 bits per heavy atom. The Bertz CT molecular complexity index is 730. The van der Waals surface area contributed by atoms with E-state index in [0.717, 1.165) is 35.5 Å². The van der Waals surface area contributed by atoms with E-state index in [1.807, 2.05) is 18.3 Å². The number of pyridine rings is 2. The van der Waals surface area contributed by atoms with Crippen molar-refractivity contribution in [1.82, 2.24) is 14.9 Å². The topological polar surface area (TPSA) is 41.5 Å². The van der Waals surface area contributed by atoms with Gasteiger partial charge in [0.1, 0.15) is 5.82 Å². The summed E-state index contributed by atoms with van der Waals surface area (Å²) in [6.07, 6.45) is 4.72. The van der Waals surface area contributed by atoms with Crippen LogP contribution in [0.15, 0.2) is 35.1 Å². The summed E-state index contributed by atoms with van der Waals surface area (Å²) in [6.45, 7) is 2.64. The van der Waals surface area contributed by atoms with Gasteiger partial charge in [-0.2, -0.15) is 0 Å². The zero-order chi connectivity index (χ0) is 16.7. The number of piperazine rings is 1. The third kappa shape index (κ3) is 2.86. The Kier molecular flexibility index (Phi) is 4.14. The van der Waals surface area contributed by atoms with Crippen LogP contribution in [0.3, 0.4) is 0 Å². The number of aromatic nitrogens is 2. The molecule has 5 nitrogen and oxygen atoms in total. The van der Waals surface area contributed by atoms with Crippen molar-refractivity contribution in [2.75, 3.05) is 25.1 Å². The van der Waals surface area contributed by atoms with Crippen molar-refractivity contribution in [2.24, 2.45) is 0 Å². The Hall–Kier alpha value is -1.73. The number of halogens is 2. The molecule has 2 bridgehead atoms. The molecular weight excluding hydrogens is 375 g/mol. The van der Waals surface area contributed by atoms with E-state index in [4.69, 9.17) is 4.74 Å². The van der Waals surface area contributed by atoms with Gasteiger partial charge in [-0.1, -0.05) is 0 Å². The first-order chi connectivity index (χ1) is 11.6. The van der Waals surface area contributed by atoms with E-state index < -0.39 is 5.82 Å². The molecule has 5 heterocycles. The van der Waals surface area contributed by atoms with Gasteiger partial charge in [-0.15, -0.1) is 0 Å². The highest BCUT2D eigenvalue weighted by Gasteiger charge is 2.44. The normalized spacial score (nSPS) is 23.0. The van der Waals surface area contributed by atoms with Crippen LogP contribution in [0.5, 0.6) is 5.88 Å². The van der Waals surface area contributed by atoms with Crippen molar-refractivity contribution >= 4 is 21.7 Å². The predicted molar refractivity (Wildman–Crippen MR) is 92.6 cm³/mol. The summed E-state index contributed by atoms with van der Waals surface area (Å²) in [5.41, 5.74) is 0.887. The van der Waals surface area contributed by atoms with Crippen LogP contribution in [-0.2, 0) is 6.54 Å². The van der Waals surface area contributed by atoms with Crippen LogP contribution < -0.4 is 9.64 Å². The fraction of sp³-hybridized carbons (Fsp3) is 0.412. The number of piperidine rings is 1. The summed E-state index contributed by atoms with van der Waals surface area (Å²) in [7, 11) is 1.43. The smallest absolute Gasteiger partial charge is 0.250 e. The van der Waals surface area contributed by atoms with Gasteiger partial charge >= 0.3 is 0 Å². The third-order valence-corrected chi connectivity index (χ3v) is 5.27. The van der Waals surface area contributed by atoms with Gasteiger partial charge in [0, 0.05) is 48.6 Å². The number of rotatable bonds is 4. The number of fused-ring (bicyclic) bond motifs is 2. The average Bonchev–Trinajstić information content (AvgIpc) is 2.60. The molecule has 7 heteroatoms. The molecule has 3 aliphatic rings. The van der Waals surface area contributed by atoms with E-state index >= 15 is 0 Å². The minimum absolute atomic E-state index is 0.0510. The Morgan fingerprint density at radius 3 is 2.67 bits per heavy atom. The van der Waals surface area contributed by atoms with Gasteiger partial charge in [-0.25, -0.2) is 14.4 Å². The molecule has 2 atom stereocenters. The molecule has 0 amide bonds. The number of hydrogen-bond donors (Lipinski definition) is 0. The van der Waals surface area contributed by atoms with Gasteiger partial charge in [0.25, 0.3) is 0 Å². The Morgan fingerprint density at radius 1 is 1.25 bits per heavy atom. The Balaban J connectivity index is 1.42. The summed E-state index contributed by atoms with van der Waals surface area (Å²) >= 11 is 3.42. The fourth-order valence-corrected chi connectivity index (χ4v) is 3.83. The summed E-state index contributed by atoms with van der Waals surface area (Å²) in [6, 6.07) is 6.56. The molecule has 0 spiro atoms. The first kappa shape index (κ1) is 15.8. The molecule has 2 aromatic rings. The lowest BCUT2D eigenvalue weighted by molar-refractivity contribution is -0.00884. The molecule has 3 fully saturated rings. The predicted octanol–water partition coefficient (Wildman–Crippen LogP) is 2.85. The molecule has 0 aliphatic carbocycles. The van der Waals surface area contributed by atoms with Crippen molar-refractivity contribution in [3.63, 3.8) is 0 Å². The van der Waals surface area contributed by atoms with Gasteiger partial charge < -0.3 is 9.64 Å². The lowest BCUT2D eigenvalue weighted by Gasteiger charge is -2.56. The first-order valence-electron chi connectivity index (χ1n) is 7.94. The van der Waals surface area contributed by atoms with Crippen LogP contribution in [0.1, 0.15) is 12.0 Å². The third-order valence-electron chi connectivity index (χ3n) is 4.80. The minimum Gasteiger partial charge on any atom is -0.479 e. The van der Waals surface area contributed by atoms with Gasteiger partial charge in [0.15, 0.2) is 5.82 Å². The van der Waals surface area contributed by atoms with Crippen molar-refractivity contribution in [3.8, 4) is 5.88 Å². The molecule has 2 unspecified atom stereocenters. The number of ether oxygens (including phenoxy) is 1. The molecule has 3 aliphatic heterocycles. The van der Waals surface area contributed by atoms with Crippen LogP contribution in [0.2, 0.25) is 0 Å². The van der Waals surface area contributed by atoms with E-state index in [1.54, 1.807) is 6.20 Å². The van der Waals surface area contributed by atoms with E-state index in [0.29, 0.717) is 12.1 Å². The standard InChI is InChI=1S/C17H18BrFN4O/c1-24-17-15(19)4-11(6-21-17)8-23-13-5-14(23)10-22(9-13)16-3-2-12(18)7-20-16/h2-4,6-7,13-14H,5,8-10H2,1H3. The molecule has 2 aromatic heterocycles. The van der Waals surface area contributed by atoms with Crippen molar-refractivity contribution in [1.29, 1.82) is 0 Å². The van der Waals surface area contributed by atoms with E-state index in [-0.39, 0.29) is 5.88 Å². The molecule has 126 valence electrons. The van der Waals surface area contributed by atoms with Gasteiger partial charge in [0.05, 0.1) is 7.11 Å². The van der Waals surface area contributed by atoms with Crippen LogP contribution in [0.25, 0.3) is 0 Å². The second kappa shape index (κ2) is 6.29. The maximum atomic E-state index is 13.8. The lowest BCUT2D eigenvalue weighted by atomic mass is 9.87. The quantitative estimate of drug-likeness (QED) is 0.799. The number of methoxy groups -OCH3 is 1. The highest BCUT2D eigenvalue weighted by atomic mass is 79.9. The second-order valence-corrected chi connectivity index (χ2v) is 7.21. The first-order valence-corrected chi connectivity index (χ1v) is 8.74. The van der Waals surface area contributed by atoms with Gasteiger partial charge in [-0.05, 0) is 46.1 Å². The lowest BCUT2D eigenvalue weighted by Crippen LogP contribution is -2.68. The summed E-state index contributed by atoms with van der Waals surface area (Å²) in [5, 5.41) is 0.